The molecule has 0 spiro atoms. The van der Waals surface area contributed by atoms with Crippen LogP contribution < -0.4 is 0 Å². The molecule has 1 aromatic rings. The molecular weight excluding hydrogens is 314 g/mol. The largest absolute Gasteiger partial charge is 0.272 e. The van der Waals surface area contributed by atoms with Crippen LogP contribution in [0.25, 0.3) is 0 Å². The molecule has 2 heterocycles. The third kappa shape index (κ3) is 7.09. The SMILES string of the molecule is CC(C)ON1C(=O)CCC1=O.Cc1cc(C)nc(SC(C)C)n1. The standard InChI is InChI=1S/C9H14N2S.C7H11NO3/c1-6(2)12-9-10-7(3)5-8(4)11-9;1-5(2)11-8-6(9)3-4-7(8)10/h5-6H,1-4H3;5H,3-4H2,1-2H3. The molecule has 0 unspecified atom stereocenters. The predicted octanol–water partition coefficient (Wildman–Crippen LogP) is 3.07. The second-order valence-corrected chi connectivity index (χ2v) is 7.38. The number of carbonyl (C=O) groups is 2. The van der Waals surface area contributed by atoms with Gasteiger partial charge in [0.05, 0.1) is 6.10 Å². The van der Waals surface area contributed by atoms with Crippen molar-refractivity contribution >= 4 is 23.6 Å². The van der Waals surface area contributed by atoms with E-state index in [9.17, 15) is 9.59 Å². The minimum Gasteiger partial charge on any atom is -0.272 e. The maximum Gasteiger partial charge on any atom is 0.254 e. The Morgan fingerprint density at radius 1 is 1.04 bits per heavy atom. The highest BCUT2D eigenvalue weighted by atomic mass is 32.2. The summed E-state index contributed by atoms with van der Waals surface area (Å²) in [6, 6.07) is 1.99. The third-order valence-electron chi connectivity index (χ3n) is 2.62. The van der Waals surface area contributed by atoms with Crippen molar-refractivity contribution < 1.29 is 14.4 Å². The van der Waals surface area contributed by atoms with E-state index < -0.39 is 0 Å². The minimum absolute atomic E-state index is 0.124. The summed E-state index contributed by atoms with van der Waals surface area (Å²) in [5, 5.41) is 2.30. The molecule has 2 rings (SSSR count). The second-order valence-electron chi connectivity index (χ2n) is 5.84. The Bertz CT molecular complexity index is 525. The number of aromatic nitrogens is 2. The number of rotatable bonds is 4. The molecule has 0 aliphatic carbocycles. The summed E-state index contributed by atoms with van der Waals surface area (Å²) in [5.41, 5.74) is 2.09. The van der Waals surface area contributed by atoms with Gasteiger partial charge in [-0.1, -0.05) is 25.6 Å². The van der Waals surface area contributed by atoms with Crippen molar-refractivity contribution in [2.75, 3.05) is 0 Å². The molecule has 0 bridgehead atoms. The summed E-state index contributed by atoms with van der Waals surface area (Å²) in [5.74, 6) is -0.465. The minimum atomic E-state index is -0.233. The number of hydrogen-bond donors (Lipinski definition) is 0. The average Bonchev–Trinajstić information content (AvgIpc) is 2.68. The number of hydrogen-bond acceptors (Lipinski definition) is 6. The highest BCUT2D eigenvalue weighted by molar-refractivity contribution is 7.99. The Balaban J connectivity index is 0.000000231. The number of nitrogens with zero attached hydrogens (tertiary/aromatic N) is 3. The molecule has 1 aliphatic rings. The smallest absolute Gasteiger partial charge is 0.254 e. The van der Waals surface area contributed by atoms with E-state index in [0.29, 0.717) is 5.25 Å². The fraction of sp³-hybridized carbons (Fsp3) is 0.625. The summed E-state index contributed by atoms with van der Waals surface area (Å²) in [6.45, 7) is 11.8. The number of carbonyl (C=O) groups excluding carboxylic acids is 2. The van der Waals surface area contributed by atoms with Gasteiger partial charge in [0.15, 0.2) is 5.16 Å². The number of amides is 2. The molecule has 1 aliphatic heterocycles. The van der Waals surface area contributed by atoms with Crippen LogP contribution in [-0.2, 0) is 14.4 Å². The molecule has 0 radical (unpaired) electrons. The molecule has 128 valence electrons. The number of hydroxylamine groups is 2. The van der Waals surface area contributed by atoms with Crippen LogP contribution in [0.15, 0.2) is 11.2 Å². The molecule has 0 saturated carbocycles. The van der Waals surface area contributed by atoms with Gasteiger partial charge >= 0.3 is 0 Å². The van der Waals surface area contributed by atoms with Gasteiger partial charge < -0.3 is 0 Å². The first-order valence-corrected chi connectivity index (χ1v) is 8.58. The molecule has 0 aromatic carbocycles. The molecule has 7 heteroatoms. The number of imide groups is 1. The van der Waals surface area contributed by atoms with Crippen LogP contribution in [0.4, 0.5) is 0 Å². The van der Waals surface area contributed by atoms with E-state index in [-0.39, 0.29) is 30.8 Å². The first-order valence-electron chi connectivity index (χ1n) is 7.70. The van der Waals surface area contributed by atoms with Crippen LogP contribution in [0, 0.1) is 13.8 Å². The molecule has 23 heavy (non-hydrogen) atoms. The van der Waals surface area contributed by atoms with E-state index in [1.54, 1.807) is 25.6 Å². The molecule has 0 N–H and O–H groups in total. The van der Waals surface area contributed by atoms with Crippen molar-refractivity contribution in [1.29, 1.82) is 0 Å². The zero-order valence-electron chi connectivity index (χ0n) is 14.6. The maximum atomic E-state index is 10.9. The van der Waals surface area contributed by atoms with Gasteiger partial charge in [0.25, 0.3) is 11.8 Å². The lowest BCUT2D eigenvalue weighted by Crippen LogP contribution is -2.31. The summed E-state index contributed by atoms with van der Waals surface area (Å²) in [4.78, 5) is 35.4. The number of aryl methyl sites for hydroxylation is 2. The second kappa shape index (κ2) is 8.98. The maximum absolute atomic E-state index is 10.9. The topological polar surface area (TPSA) is 72.4 Å². The Kier molecular flexibility index (Phi) is 7.64. The van der Waals surface area contributed by atoms with E-state index in [2.05, 4.69) is 23.8 Å². The normalized spacial score (nSPS) is 14.5. The van der Waals surface area contributed by atoms with Crippen LogP contribution in [0.2, 0.25) is 0 Å². The van der Waals surface area contributed by atoms with Gasteiger partial charge in [0, 0.05) is 29.5 Å². The van der Waals surface area contributed by atoms with Gasteiger partial charge in [-0.05, 0) is 33.8 Å². The first-order chi connectivity index (χ1) is 10.7. The molecular formula is C16H25N3O3S. The Morgan fingerprint density at radius 3 is 1.91 bits per heavy atom. The van der Waals surface area contributed by atoms with Crippen molar-refractivity contribution in [1.82, 2.24) is 15.0 Å². The van der Waals surface area contributed by atoms with Crippen molar-refractivity contribution in [3.8, 4) is 0 Å². The van der Waals surface area contributed by atoms with E-state index in [1.165, 1.54) is 0 Å². The summed E-state index contributed by atoms with van der Waals surface area (Å²) < 4.78 is 0. The lowest BCUT2D eigenvalue weighted by molar-refractivity contribution is -0.198. The van der Waals surface area contributed by atoms with Gasteiger partial charge in [-0.2, -0.15) is 5.06 Å². The number of thioether (sulfide) groups is 1. The molecule has 1 fully saturated rings. The van der Waals surface area contributed by atoms with Crippen molar-refractivity contribution in [2.45, 2.75) is 70.9 Å². The molecule has 1 aromatic heterocycles. The lowest BCUT2D eigenvalue weighted by atomic mass is 10.4. The van der Waals surface area contributed by atoms with Crippen LogP contribution in [0.5, 0.6) is 0 Å². The Labute approximate surface area is 142 Å². The van der Waals surface area contributed by atoms with E-state index in [1.807, 2.05) is 19.9 Å². The van der Waals surface area contributed by atoms with Crippen molar-refractivity contribution in [3.05, 3.63) is 17.5 Å². The average molecular weight is 339 g/mol. The van der Waals surface area contributed by atoms with Crippen LogP contribution in [-0.4, -0.2) is 38.2 Å². The Hall–Kier alpha value is -1.47. The van der Waals surface area contributed by atoms with Crippen molar-refractivity contribution in [3.63, 3.8) is 0 Å². The van der Waals surface area contributed by atoms with Crippen molar-refractivity contribution in [2.24, 2.45) is 0 Å². The van der Waals surface area contributed by atoms with E-state index in [0.717, 1.165) is 21.6 Å². The van der Waals surface area contributed by atoms with Gasteiger partial charge in [0.1, 0.15) is 0 Å². The summed E-state index contributed by atoms with van der Waals surface area (Å²) in [7, 11) is 0. The summed E-state index contributed by atoms with van der Waals surface area (Å²) in [6.07, 6.45) is 0.443. The van der Waals surface area contributed by atoms with Crippen LogP contribution in [0.1, 0.15) is 51.9 Å². The van der Waals surface area contributed by atoms with Crippen LogP contribution in [0.3, 0.4) is 0 Å². The highest BCUT2D eigenvalue weighted by Gasteiger charge is 2.30. The predicted molar refractivity (Wildman–Crippen MR) is 89.8 cm³/mol. The fourth-order valence-electron chi connectivity index (χ4n) is 1.84. The fourth-order valence-corrected chi connectivity index (χ4v) is 2.66. The van der Waals surface area contributed by atoms with Crippen LogP contribution >= 0.6 is 11.8 Å². The lowest BCUT2D eigenvalue weighted by Gasteiger charge is -2.15. The van der Waals surface area contributed by atoms with Gasteiger partial charge in [-0.3, -0.25) is 14.4 Å². The quantitative estimate of drug-likeness (QED) is 0.477. The highest BCUT2D eigenvalue weighted by Crippen LogP contribution is 2.18. The molecule has 1 saturated heterocycles. The first kappa shape index (κ1) is 19.6. The third-order valence-corrected chi connectivity index (χ3v) is 3.49. The van der Waals surface area contributed by atoms with Gasteiger partial charge in [-0.15, -0.1) is 0 Å². The summed E-state index contributed by atoms with van der Waals surface area (Å²) >= 11 is 1.70. The molecule has 0 atom stereocenters. The van der Waals surface area contributed by atoms with Gasteiger partial charge in [-0.25, -0.2) is 9.97 Å². The van der Waals surface area contributed by atoms with E-state index >= 15 is 0 Å². The molecule has 6 nitrogen and oxygen atoms in total. The zero-order chi connectivity index (χ0) is 17.6. The Morgan fingerprint density at radius 2 is 1.52 bits per heavy atom. The zero-order valence-corrected chi connectivity index (χ0v) is 15.4. The molecule has 2 amide bonds. The monoisotopic (exact) mass is 339 g/mol. The van der Waals surface area contributed by atoms with E-state index in [4.69, 9.17) is 4.84 Å². The van der Waals surface area contributed by atoms with Gasteiger partial charge in [0.2, 0.25) is 0 Å².